The Labute approximate surface area is 127 Å². The minimum absolute atomic E-state index is 0.110. The highest BCUT2D eigenvalue weighted by atomic mass is 16.3. The van der Waals surface area contributed by atoms with E-state index in [1.54, 1.807) is 0 Å². The number of nitrogens with zero attached hydrogens (tertiary/aromatic N) is 1. The van der Waals surface area contributed by atoms with Crippen LogP contribution < -0.4 is 4.48 Å². The third-order valence-electron chi connectivity index (χ3n) is 4.98. The van der Waals surface area contributed by atoms with Crippen LogP contribution in [0, 0.1) is 0 Å². The van der Waals surface area contributed by atoms with Crippen molar-refractivity contribution in [1.82, 2.24) is 4.48 Å². The van der Waals surface area contributed by atoms with Crippen LogP contribution >= 0.6 is 0 Å². The van der Waals surface area contributed by atoms with Gasteiger partial charge in [0, 0.05) is 12.8 Å². The molecular formula is C19H24NO+. The smallest absolute Gasteiger partial charge is 0.137 e. The number of para-hydroxylation sites is 2. The topological polar surface area (TPSA) is 20.2 Å². The van der Waals surface area contributed by atoms with Gasteiger partial charge in [-0.3, -0.25) is 4.48 Å². The van der Waals surface area contributed by atoms with Crippen LogP contribution in [0.4, 0.5) is 11.4 Å². The van der Waals surface area contributed by atoms with E-state index in [9.17, 15) is 5.11 Å². The fraction of sp³-hybridized carbons (Fsp3) is 0.368. The predicted molar refractivity (Wildman–Crippen MR) is 88.5 cm³/mol. The number of hydrogen-bond acceptors (Lipinski definition) is 1. The Hall–Kier alpha value is -1.64. The third-order valence-corrected chi connectivity index (χ3v) is 4.98. The number of aliphatic hydroxyl groups is 1. The van der Waals surface area contributed by atoms with Gasteiger partial charge in [0.05, 0.1) is 19.2 Å². The van der Waals surface area contributed by atoms with Gasteiger partial charge in [-0.05, 0) is 37.1 Å². The van der Waals surface area contributed by atoms with Gasteiger partial charge in [-0.1, -0.05) is 36.4 Å². The van der Waals surface area contributed by atoms with Crippen molar-refractivity contribution in [2.24, 2.45) is 0 Å². The molecule has 2 aromatic rings. The summed E-state index contributed by atoms with van der Waals surface area (Å²) < 4.78 is 0.828. The molecule has 1 aliphatic carbocycles. The summed E-state index contributed by atoms with van der Waals surface area (Å²) in [5.74, 6) is 0. The molecule has 0 aliphatic heterocycles. The van der Waals surface area contributed by atoms with E-state index in [1.807, 2.05) is 0 Å². The average Bonchev–Trinajstić information content (AvgIpc) is 2.56. The van der Waals surface area contributed by atoms with Crippen molar-refractivity contribution < 1.29 is 5.11 Å². The second-order valence-electron chi connectivity index (χ2n) is 6.21. The number of quaternary nitrogens is 1. The largest absolute Gasteiger partial charge is 0.393 e. The number of hydrogen-bond donors (Lipinski definition) is 1. The Kier molecular flexibility index (Phi) is 4.09. The molecular weight excluding hydrogens is 258 g/mol. The summed E-state index contributed by atoms with van der Waals surface area (Å²) in [6.07, 6.45) is 3.86. The molecule has 2 aromatic carbocycles. The van der Waals surface area contributed by atoms with E-state index in [-0.39, 0.29) is 6.10 Å². The fourth-order valence-corrected chi connectivity index (χ4v) is 3.62. The van der Waals surface area contributed by atoms with Crippen LogP contribution in [0.25, 0.3) is 0 Å². The molecule has 0 amide bonds. The van der Waals surface area contributed by atoms with E-state index in [0.29, 0.717) is 6.04 Å². The maximum atomic E-state index is 9.83. The van der Waals surface area contributed by atoms with Crippen molar-refractivity contribution in [3.63, 3.8) is 0 Å². The zero-order chi connectivity index (χ0) is 14.7. The predicted octanol–water partition coefficient (Wildman–Crippen LogP) is 4.26. The summed E-state index contributed by atoms with van der Waals surface area (Å²) in [6.45, 7) is 0. The van der Waals surface area contributed by atoms with E-state index in [0.717, 1.165) is 30.2 Å². The molecule has 110 valence electrons. The molecule has 1 saturated carbocycles. The van der Waals surface area contributed by atoms with Crippen LogP contribution in [0.3, 0.4) is 0 Å². The lowest BCUT2D eigenvalue weighted by molar-refractivity contribution is 0.0999. The zero-order valence-electron chi connectivity index (χ0n) is 12.7. The fourth-order valence-electron chi connectivity index (χ4n) is 3.62. The molecule has 1 fully saturated rings. The van der Waals surface area contributed by atoms with Crippen LogP contribution in [-0.2, 0) is 0 Å². The first-order valence-corrected chi connectivity index (χ1v) is 7.87. The van der Waals surface area contributed by atoms with E-state index in [4.69, 9.17) is 0 Å². The van der Waals surface area contributed by atoms with Gasteiger partial charge in [0.1, 0.15) is 11.4 Å². The Bertz CT molecular complexity index is 519. The average molecular weight is 282 g/mol. The molecule has 1 N–H and O–H groups in total. The van der Waals surface area contributed by atoms with Gasteiger partial charge in [0.25, 0.3) is 0 Å². The maximum absolute atomic E-state index is 9.83. The Balaban J connectivity index is 2.03. The minimum Gasteiger partial charge on any atom is -0.393 e. The summed E-state index contributed by atoms with van der Waals surface area (Å²) in [4.78, 5) is 0. The SMILES string of the molecule is C[N+](c1ccccc1)(c1ccccc1)C1CCC(O)CC1. The molecule has 0 unspecified atom stereocenters. The standard InChI is InChI=1S/C19H24NO/c1-20(16-8-4-2-5-9-16,17-10-6-3-7-11-17)18-12-14-19(21)15-13-18/h2-11,18-19,21H,12-15H2,1H3/q+1. The quantitative estimate of drug-likeness (QED) is 0.834. The molecule has 2 heteroatoms. The van der Waals surface area contributed by atoms with Gasteiger partial charge < -0.3 is 5.11 Å². The van der Waals surface area contributed by atoms with Gasteiger partial charge in [-0.15, -0.1) is 0 Å². The minimum atomic E-state index is -0.110. The van der Waals surface area contributed by atoms with Crippen molar-refractivity contribution in [3.05, 3.63) is 60.7 Å². The number of rotatable bonds is 3. The van der Waals surface area contributed by atoms with E-state index in [1.165, 1.54) is 11.4 Å². The zero-order valence-corrected chi connectivity index (χ0v) is 12.7. The van der Waals surface area contributed by atoms with E-state index in [2.05, 4.69) is 67.7 Å². The van der Waals surface area contributed by atoms with Crippen LogP contribution in [0.2, 0.25) is 0 Å². The Morgan fingerprint density at radius 3 is 1.62 bits per heavy atom. The molecule has 0 heterocycles. The molecule has 1 aliphatic rings. The Morgan fingerprint density at radius 2 is 1.19 bits per heavy atom. The molecule has 0 spiro atoms. The highest BCUT2D eigenvalue weighted by molar-refractivity contribution is 5.58. The van der Waals surface area contributed by atoms with Crippen LogP contribution in [0.5, 0.6) is 0 Å². The van der Waals surface area contributed by atoms with Crippen LogP contribution in [0.1, 0.15) is 25.7 Å². The molecule has 0 radical (unpaired) electrons. The number of benzene rings is 2. The van der Waals surface area contributed by atoms with Crippen molar-refractivity contribution in [2.75, 3.05) is 7.05 Å². The molecule has 3 rings (SSSR count). The first-order chi connectivity index (χ1) is 10.2. The lowest BCUT2D eigenvalue weighted by atomic mass is 9.89. The first-order valence-electron chi connectivity index (χ1n) is 7.87. The first kappa shape index (κ1) is 14.3. The molecule has 21 heavy (non-hydrogen) atoms. The maximum Gasteiger partial charge on any atom is 0.137 e. The second kappa shape index (κ2) is 6.00. The van der Waals surface area contributed by atoms with Gasteiger partial charge in [-0.25, -0.2) is 0 Å². The Morgan fingerprint density at radius 1 is 0.762 bits per heavy atom. The van der Waals surface area contributed by atoms with Gasteiger partial charge in [-0.2, -0.15) is 0 Å². The molecule has 0 atom stereocenters. The second-order valence-corrected chi connectivity index (χ2v) is 6.21. The summed E-state index contributed by atoms with van der Waals surface area (Å²) in [7, 11) is 2.31. The van der Waals surface area contributed by atoms with Crippen LogP contribution in [-0.4, -0.2) is 24.3 Å². The van der Waals surface area contributed by atoms with Crippen molar-refractivity contribution in [1.29, 1.82) is 0 Å². The molecule has 0 bridgehead atoms. The summed E-state index contributed by atoms with van der Waals surface area (Å²) >= 11 is 0. The third kappa shape index (κ3) is 2.74. The normalized spacial score (nSPS) is 23.0. The lowest BCUT2D eigenvalue weighted by Gasteiger charge is -2.43. The monoisotopic (exact) mass is 282 g/mol. The highest BCUT2D eigenvalue weighted by Crippen LogP contribution is 2.40. The van der Waals surface area contributed by atoms with E-state index < -0.39 is 0 Å². The van der Waals surface area contributed by atoms with Gasteiger partial charge in [0.2, 0.25) is 0 Å². The van der Waals surface area contributed by atoms with Gasteiger partial charge >= 0.3 is 0 Å². The molecule has 0 saturated heterocycles. The molecule has 0 aromatic heterocycles. The van der Waals surface area contributed by atoms with Crippen molar-refractivity contribution in [2.45, 2.75) is 37.8 Å². The van der Waals surface area contributed by atoms with Crippen molar-refractivity contribution in [3.8, 4) is 0 Å². The molecule has 2 nitrogen and oxygen atoms in total. The lowest BCUT2D eigenvalue weighted by Crippen LogP contribution is -2.51. The van der Waals surface area contributed by atoms with Crippen LogP contribution in [0.15, 0.2) is 60.7 Å². The van der Waals surface area contributed by atoms with Gasteiger partial charge in [0.15, 0.2) is 0 Å². The summed E-state index contributed by atoms with van der Waals surface area (Å²) in [5, 5.41) is 9.83. The van der Waals surface area contributed by atoms with E-state index >= 15 is 0 Å². The summed E-state index contributed by atoms with van der Waals surface area (Å²) in [6, 6.07) is 22.0. The number of aliphatic hydroxyl groups excluding tert-OH is 1. The highest BCUT2D eigenvalue weighted by Gasteiger charge is 2.39. The van der Waals surface area contributed by atoms with Crippen molar-refractivity contribution >= 4 is 11.4 Å². The summed E-state index contributed by atoms with van der Waals surface area (Å²) in [5.41, 5.74) is 2.65.